The van der Waals surface area contributed by atoms with Crippen LogP contribution < -0.4 is 5.73 Å². The zero-order valence-electron chi connectivity index (χ0n) is 10.4. The van der Waals surface area contributed by atoms with E-state index in [0.717, 1.165) is 24.0 Å². The molecule has 1 atom stereocenters. The summed E-state index contributed by atoms with van der Waals surface area (Å²) in [7, 11) is 0. The Kier molecular flexibility index (Phi) is 3.39. The molecule has 0 amide bonds. The van der Waals surface area contributed by atoms with Crippen LogP contribution in [0, 0.1) is 24.1 Å². The SMILES string of the molecule is Cc1cc(F)ccc1CC(CN)(C(=O)O)C1CC1. The number of carboxylic acids is 1. The predicted octanol–water partition coefficient (Wildman–Crippen LogP) is 2.12. The molecule has 1 aromatic rings. The molecule has 0 heterocycles. The Morgan fingerprint density at radius 2 is 2.22 bits per heavy atom. The van der Waals surface area contributed by atoms with Gasteiger partial charge in [0, 0.05) is 6.54 Å². The minimum Gasteiger partial charge on any atom is -0.481 e. The number of halogens is 1. The molecule has 1 saturated carbocycles. The molecule has 0 saturated heterocycles. The summed E-state index contributed by atoms with van der Waals surface area (Å²) in [5, 5.41) is 9.49. The largest absolute Gasteiger partial charge is 0.481 e. The molecule has 3 N–H and O–H groups in total. The standard InChI is InChI=1S/C14H18FNO2/c1-9-6-12(15)5-2-10(9)7-14(8-16,13(17)18)11-3-4-11/h2,5-6,11H,3-4,7-8,16H2,1H3,(H,17,18). The molecule has 3 nitrogen and oxygen atoms in total. The van der Waals surface area contributed by atoms with Crippen LogP contribution in [0.4, 0.5) is 4.39 Å². The molecular weight excluding hydrogens is 233 g/mol. The maximum absolute atomic E-state index is 13.1. The molecule has 2 rings (SSSR count). The van der Waals surface area contributed by atoms with Crippen molar-refractivity contribution in [1.82, 2.24) is 0 Å². The van der Waals surface area contributed by atoms with Crippen molar-refractivity contribution in [3.05, 3.63) is 35.1 Å². The van der Waals surface area contributed by atoms with E-state index in [9.17, 15) is 14.3 Å². The van der Waals surface area contributed by atoms with Gasteiger partial charge in [-0.05, 0) is 55.4 Å². The van der Waals surface area contributed by atoms with E-state index in [1.807, 2.05) is 0 Å². The third kappa shape index (κ3) is 2.25. The van der Waals surface area contributed by atoms with E-state index in [2.05, 4.69) is 0 Å². The summed E-state index contributed by atoms with van der Waals surface area (Å²) >= 11 is 0. The van der Waals surface area contributed by atoms with Crippen molar-refractivity contribution >= 4 is 5.97 Å². The highest BCUT2D eigenvalue weighted by molar-refractivity contribution is 5.76. The highest BCUT2D eigenvalue weighted by atomic mass is 19.1. The van der Waals surface area contributed by atoms with Crippen LogP contribution in [0.25, 0.3) is 0 Å². The number of rotatable bonds is 5. The highest BCUT2D eigenvalue weighted by Gasteiger charge is 2.50. The molecular formula is C14H18FNO2. The zero-order valence-corrected chi connectivity index (χ0v) is 10.4. The van der Waals surface area contributed by atoms with E-state index < -0.39 is 11.4 Å². The van der Waals surface area contributed by atoms with E-state index in [-0.39, 0.29) is 18.3 Å². The molecule has 0 aliphatic heterocycles. The number of aliphatic carboxylic acids is 1. The summed E-state index contributed by atoms with van der Waals surface area (Å²) in [5.74, 6) is -0.975. The summed E-state index contributed by atoms with van der Waals surface area (Å²) < 4.78 is 13.1. The summed E-state index contributed by atoms with van der Waals surface area (Å²) in [6.07, 6.45) is 2.23. The Morgan fingerprint density at radius 1 is 1.56 bits per heavy atom. The van der Waals surface area contributed by atoms with Crippen molar-refractivity contribution < 1.29 is 14.3 Å². The Labute approximate surface area is 106 Å². The molecule has 1 fully saturated rings. The lowest BCUT2D eigenvalue weighted by atomic mass is 9.76. The number of aryl methyl sites for hydroxylation is 1. The van der Waals surface area contributed by atoms with Crippen molar-refractivity contribution in [2.75, 3.05) is 6.54 Å². The lowest BCUT2D eigenvalue weighted by molar-refractivity contribution is -0.149. The van der Waals surface area contributed by atoms with Gasteiger partial charge in [0.15, 0.2) is 0 Å². The van der Waals surface area contributed by atoms with Crippen LogP contribution in [0.2, 0.25) is 0 Å². The average molecular weight is 251 g/mol. The van der Waals surface area contributed by atoms with Crippen molar-refractivity contribution in [2.24, 2.45) is 17.1 Å². The number of benzene rings is 1. The first-order valence-electron chi connectivity index (χ1n) is 6.18. The van der Waals surface area contributed by atoms with Gasteiger partial charge in [0.1, 0.15) is 5.82 Å². The Hall–Kier alpha value is -1.42. The second-order valence-corrected chi connectivity index (χ2v) is 5.19. The van der Waals surface area contributed by atoms with E-state index >= 15 is 0 Å². The van der Waals surface area contributed by atoms with Crippen molar-refractivity contribution in [3.63, 3.8) is 0 Å². The average Bonchev–Trinajstić information content (AvgIpc) is 3.12. The van der Waals surface area contributed by atoms with Crippen molar-refractivity contribution in [2.45, 2.75) is 26.2 Å². The molecule has 1 aromatic carbocycles. The fraction of sp³-hybridized carbons (Fsp3) is 0.500. The molecule has 1 aliphatic rings. The Morgan fingerprint density at radius 3 is 2.67 bits per heavy atom. The second kappa shape index (κ2) is 4.69. The van der Waals surface area contributed by atoms with Gasteiger partial charge in [-0.3, -0.25) is 4.79 Å². The molecule has 0 aromatic heterocycles. The Bertz CT molecular complexity index is 471. The summed E-state index contributed by atoms with van der Waals surface area (Å²) in [6.45, 7) is 1.93. The molecule has 0 radical (unpaired) electrons. The quantitative estimate of drug-likeness (QED) is 0.842. The number of hydrogen-bond acceptors (Lipinski definition) is 2. The second-order valence-electron chi connectivity index (χ2n) is 5.19. The van der Waals surface area contributed by atoms with Gasteiger partial charge in [-0.2, -0.15) is 0 Å². The lowest BCUT2D eigenvalue weighted by Crippen LogP contribution is -2.42. The fourth-order valence-electron chi connectivity index (χ4n) is 2.55. The molecule has 0 spiro atoms. The van der Waals surface area contributed by atoms with Gasteiger partial charge in [0.05, 0.1) is 5.41 Å². The predicted molar refractivity (Wildman–Crippen MR) is 66.7 cm³/mol. The van der Waals surface area contributed by atoms with Gasteiger partial charge in [0.2, 0.25) is 0 Å². The van der Waals surface area contributed by atoms with Crippen LogP contribution >= 0.6 is 0 Å². The van der Waals surface area contributed by atoms with Crippen LogP contribution in [0.15, 0.2) is 18.2 Å². The first-order valence-corrected chi connectivity index (χ1v) is 6.18. The third-order valence-electron chi connectivity index (χ3n) is 3.96. The molecule has 4 heteroatoms. The number of nitrogens with two attached hydrogens (primary N) is 1. The Balaban J connectivity index is 2.31. The topological polar surface area (TPSA) is 63.3 Å². The van der Waals surface area contributed by atoms with Crippen LogP contribution in [0.3, 0.4) is 0 Å². The minimum absolute atomic E-state index is 0.129. The number of carbonyl (C=O) groups is 1. The van der Waals surface area contributed by atoms with Gasteiger partial charge >= 0.3 is 5.97 Å². The molecule has 1 aliphatic carbocycles. The van der Waals surface area contributed by atoms with Crippen molar-refractivity contribution in [3.8, 4) is 0 Å². The van der Waals surface area contributed by atoms with E-state index in [1.165, 1.54) is 12.1 Å². The lowest BCUT2D eigenvalue weighted by Gasteiger charge is -2.28. The van der Waals surface area contributed by atoms with Gasteiger partial charge in [0.25, 0.3) is 0 Å². The summed E-state index contributed by atoms with van der Waals surface area (Å²) in [4.78, 5) is 11.6. The van der Waals surface area contributed by atoms with Crippen LogP contribution in [0.5, 0.6) is 0 Å². The maximum atomic E-state index is 13.1. The van der Waals surface area contributed by atoms with Crippen molar-refractivity contribution in [1.29, 1.82) is 0 Å². The summed E-state index contributed by atoms with van der Waals surface area (Å²) in [5.41, 5.74) is 6.49. The number of hydrogen-bond donors (Lipinski definition) is 2. The molecule has 0 bridgehead atoms. The van der Waals surface area contributed by atoms with Crippen LogP contribution in [-0.2, 0) is 11.2 Å². The zero-order chi connectivity index (χ0) is 13.3. The van der Waals surface area contributed by atoms with E-state index in [0.29, 0.717) is 6.42 Å². The minimum atomic E-state index is -0.886. The van der Waals surface area contributed by atoms with Gasteiger partial charge < -0.3 is 10.8 Å². The first-order chi connectivity index (χ1) is 8.49. The van der Waals surface area contributed by atoms with E-state index in [4.69, 9.17) is 5.73 Å². The first kappa shape index (κ1) is 13.0. The monoisotopic (exact) mass is 251 g/mol. The molecule has 1 unspecified atom stereocenters. The molecule has 98 valence electrons. The smallest absolute Gasteiger partial charge is 0.311 e. The fourth-order valence-corrected chi connectivity index (χ4v) is 2.55. The summed E-state index contributed by atoms with van der Waals surface area (Å²) in [6, 6.07) is 4.48. The van der Waals surface area contributed by atoms with Crippen LogP contribution in [0.1, 0.15) is 24.0 Å². The van der Waals surface area contributed by atoms with Gasteiger partial charge in [-0.1, -0.05) is 6.07 Å². The van der Waals surface area contributed by atoms with Crippen LogP contribution in [-0.4, -0.2) is 17.6 Å². The third-order valence-corrected chi connectivity index (χ3v) is 3.96. The highest BCUT2D eigenvalue weighted by Crippen LogP contribution is 2.47. The van der Waals surface area contributed by atoms with Gasteiger partial charge in [-0.15, -0.1) is 0 Å². The normalized spacial score (nSPS) is 18.4. The maximum Gasteiger partial charge on any atom is 0.311 e. The molecule has 18 heavy (non-hydrogen) atoms. The van der Waals surface area contributed by atoms with E-state index in [1.54, 1.807) is 13.0 Å². The van der Waals surface area contributed by atoms with Gasteiger partial charge in [-0.25, -0.2) is 4.39 Å². The number of carboxylic acid groups (broad SMARTS) is 1.